The molecule has 1 N–H and O–H groups in total. The lowest BCUT2D eigenvalue weighted by Crippen LogP contribution is -2.31. The van der Waals surface area contributed by atoms with Crippen LogP contribution in [0.5, 0.6) is 0 Å². The minimum Gasteiger partial charge on any atom is -0.355 e. The zero-order valence-corrected chi connectivity index (χ0v) is 14.8. The lowest BCUT2D eigenvalue weighted by atomic mass is 10.1. The fourth-order valence-corrected chi connectivity index (χ4v) is 3.57. The predicted molar refractivity (Wildman–Crippen MR) is 95.9 cm³/mol. The van der Waals surface area contributed by atoms with E-state index in [9.17, 15) is 13.2 Å². The van der Waals surface area contributed by atoms with Crippen LogP contribution in [0.15, 0.2) is 59.5 Å². The number of amides is 1. The normalized spacial score (nSPS) is 11.2. The van der Waals surface area contributed by atoms with Crippen molar-refractivity contribution in [3.05, 3.63) is 65.2 Å². The fourth-order valence-electron chi connectivity index (χ4n) is 2.28. The Morgan fingerprint density at radius 2 is 1.62 bits per heavy atom. The van der Waals surface area contributed by atoms with Crippen LogP contribution in [0.4, 0.5) is 0 Å². The molecule has 0 spiro atoms. The Hall–Kier alpha value is -1.85. The van der Waals surface area contributed by atoms with E-state index in [-0.39, 0.29) is 4.90 Å². The summed E-state index contributed by atoms with van der Waals surface area (Å²) < 4.78 is 24.2. The average Bonchev–Trinajstić information content (AvgIpc) is 2.55. The van der Waals surface area contributed by atoms with Gasteiger partial charge in [-0.05, 0) is 49.1 Å². The van der Waals surface area contributed by atoms with Gasteiger partial charge in [-0.3, -0.25) is 4.79 Å². The van der Waals surface area contributed by atoms with E-state index < -0.39 is 21.5 Å². The zero-order chi connectivity index (χ0) is 17.4. The highest BCUT2D eigenvalue weighted by atomic mass is 35.5. The Morgan fingerprint density at radius 1 is 0.958 bits per heavy atom. The molecule has 128 valence electrons. The van der Waals surface area contributed by atoms with Crippen LogP contribution in [0.2, 0.25) is 5.02 Å². The van der Waals surface area contributed by atoms with Crippen LogP contribution in [0, 0.1) is 0 Å². The van der Waals surface area contributed by atoms with Crippen molar-refractivity contribution >= 4 is 27.3 Å². The molecular formula is C18H20ClNO3S. The number of hydrogen-bond donors (Lipinski definition) is 1. The number of carbonyl (C=O) groups is 1. The van der Waals surface area contributed by atoms with Gasteiger partial charge in [-0.15, -0.1) is 0 Å². The summed E-state index contributed by atoms with van der Waals surface area (Å²) in [5, 5.41) is 3.12. The Balaban J connectivity index is 1.72. The first kappa shape index (κ1) is 18.5. The lowest BCUT2D eigenvalue weighted by molar-refractivity contribution is -0.118. The van der Waals surface area contributed by atoms with Crippen LogP contribution in [0.25, 0.3) is 0 Å². The summed E-state index contributed by atoms with van der Waals surface area (Å²) in [6.45, 7) is 0.474. The van der Waals surface area contributed by atoms with Crippen molar-refractivity contribution in [2.45, 2.75) is 24.2 Å². The molecule has 0 heterocycles. The second-order valence-corrected chi connectivity index (χ2v) is 7.93. The molecule has 1 amide bonds. The maximum Gasteiger partial charge on any atom is 0.235 e. The van der Waals surface area contributed by atoms with E-state index in [1.54, 1.807) is 0 Å². The first-order valence-corrected chi connectivity index (χ1v) is 9.79. The maximum absolute atomic E-state index is 12.1. The summed E-state index contributed by atoms with van der Waals surface area (Å²) in [5.74, 6) is -1.03. The number of aryl methyl sites for hydroxylation is 1. The summed E-state index contributed by atoms with van der Waals surface area (Å²) in [6.07, 6.45) is 2.69. The molecule has 24 heavy (non-hydrogen) atoms. The monoisotopic (exact) mass is 365 g/mol. The van der Waals surface area contributed by atoms with E-state index in [4.69, 9.17) is 11.6 Å². The third kappa shape index (κ3) is 5.98. The number of hydrogen-bond acceptors (Lipinski definition) is 3. The highest BCUT2D eigenvalue weighted by Gasteiger charge is 2.18. The number of unbranched alkanes of at least 4 members (excludes halogenated alkanes) is 1. The molecule has 0 aliphatic carbocycles. The summed E-state index contributed by atoms with van der Waals surface area (Å²) in [4.78, 5) is 11.9. The van der Waals surface area contributed by atoms with Crippen LogP contribution in [0.3, 0.4) is 0 Å². The van der Waals surface area contributed by atoms with E-state index in [2.05, 4.69) is 17.4 Å². The van der Waals surface area contributed by atoms with Crippen LogP contribution in [-0.4, -0.2) is 26.6 Å². The minimum absolute atomic E-state index is 0.103. The number of carbonyl (C=O) groups excluding carboxylic acids is 1. The van der Waals surface area contributed by atoms with E-state index in [0.29, 0.717) is 11.6 Å². The van der Waals surface area contributed by atoms with Crippen molar-refractivity contribution in [2.24, 2.45) is 0 Å². The zero-order valence-electron chi connectivity index (χ0n) is 13.2. The molecule has 0 bridgehead atoms. The van der Waals surface area contributed by atoms with Gasteiger partial charge in [0, 0.05) is 11.6 Å². The van der Waals surface area contributed by atoms with Crippen molar-refractivity contribution in [1.29, 1.82) is 0 Å². The molecule has 0 aliphatic heterocycles. The van der Waals surface area contributed by atoms with Gasteiger partial charge in [-0.1, -0.05) is 41.9 Å². The molecule has 0 fully saturated rings. The molecule has 0 aliphatic rings. The van der Waals surface area contributed by atoms with E-state index in [0.717, 1.165) is 19.3 Å². The molecule has 2 aromatic rings. The van der Waals surface area contributed by atoms with Gasteiger partial charge in [0.2, 0.25) is 5.91 Å². The molecule has 0 aromatic heterocycles. The van der Waals surface area contributed by atoms with Gasteiger partial charge < -0.3 is 5.32 Å². The van der Waals surface area contributed by atoms with Crippen LogP contribution in [0.1, 0.15) is 18.4 Å². The Bertz CT molecular complexity index is 759. The number of sulfone groups is 1. The standard InChI is InChI=1S/C18H20ClNO3S/c19-16-9-11-17(12-10-16)24(22,23)14-18(21)20-13-5-4-8-15-6-2-1-3-7-15/h1-3,6-7,9-12H,4-5,8,13-14H2,(H,20,21). The van der Waals surface area contributed by atoms with Gasteiger partial charge in [-0.2, -0.15) is 0 Å². The molecule has 0 saturated carbocycles. The molecule has 2 aromatic carbocycles. The number of rotatable bonds is 8. The summed E-state index contributed by atoms with van der Waals surface area (Å²) in [5.41, 5.74) is 1.26. The van der Waals surface area contributed by atoms with Gasteiger partial charge in [0.05, 0.1) is 4.90 Å². The summed E-state index contributed by atoms with van der Waals surface area (Å²) in [7, 11) is -3.63. The van der Waals surface area contributed by atoms with Gasteiger partial charge in [0.1, 0.15) is 5.75 Å². The topological polar surface area (TPSA) is 63.2 Å². The molecular weight excluding hydrogens is 346 g/mol. The number of halogens is 1. The van der Waals surface area contributed by atoms with Crippen molar-refractivity contribution < 1.29 is 13.2 Å². The third-order valence-corrected chi connectivity index (χ3v) is 5.44. The van der Waals surface area contributed by atoms with E-state index >= 15 is 0 Å². The third-order valence-electron chi connectivity index (χ3n) is 3.55. The van der Waals surface area contributed by atoms with Crippen molar-refractivity contribution in [3.8, 4) is 0 Å². The smallest absolute Gasteiger partial charge is 0.235 e. The van der Waals surface area contributed by atoms with Crippen LogP contribution < -0.4 is 5.32 Å². The molecule has 0 saturated heterocycles. The minimum atomic E-state index is -3.63. The lowest BCUT2D eigenvalue weighted by Gasteiger charge is -2.07. The molecule has 2 rings (SSSR count). The predicted octanol–water partition coefficient (Wildman–Crippen LogP) is 3.25. The Morgan fingerprint density at radius 3 is 2.29 bits per heavy atom. The van der Waals surface area contributed by atoms with E-state index in [1.807, 2.05) is 18.2 Å². The van der Waals surface area contributed by atoms with Crippen LogP contribution in [-0.2, 0) is 21.1 Å². The molecule has 6 heteroatoms. The Labute approximate surface area is 147 Å². The van der Waals surface area contributed by atoms with Gasteiger partial charge >= 0.3 is 0 Å². The molecule has 0 atom stereocenters. The van der Waals surface area contributed by atoms with Gasteiger partial charge in [0.25, 0.3) is 0 Å². The van der Waals surface area contributed by atoms with Crippen LogP contribution >= 0.6 is 11.6 Å². The first-order valence-electron chi connectivity index (χ1n) is 7.76. The maximum atomic E-state index is 12.1. The number of nitrogens with one attached hydrogen (secondary N) is 1. The summed E-state index contributed by atoms with van der Waals surface area (Å²) in [6, 6.07) is 15.9. The van der Waals surface area contributed by atoms with Crippen molar-refractivity contribution in [3.63, 3.8) is 0 Å². The summed E-state index contributed by atoms with van der Waals surface area (Å²) >= 11 is 5.74. The second-order valence-electron chi connectivity index (χ2n) is 5.51. The molecule has 0 radical (unpaired) electrons. The highest BCUT2D eigenvalue weighted by molar-refractivity contribution is 7.92. The largest absolute Gasteiger partial charge is 0.355 e. The average molecular weight is 366 g/mol. The van der Waals surface area contributed by atoms with Gasteiger partial charge in [-0.25, -0.2) is 8.42 Å². The first-order chi connectivity index (χ1) is 11.5. The van der Waals surface area contributed by atoms with Gasteiger partial charge in [0.15, 0.2) is 9.84 Å². The molecule has 0 unspecified atom stereocenters. The van der Waals surface area contributed by atoms with E-state index in [1.165, 1.54) is 29.8 Å². The quantitative estimate of drug-likeness (QED) is 0.730. The Kier molecular flexibility index (Phi) is 6.82. The SMILES string of the molecule is O=C(CS(=O)(=O)c1ccc(Cl)cc1)NCCCCc1ccccc1. The second kappa shape index (κ2) is 8.85. The number of benzene rings is 2. The van der Waals surface area contributed by atoms with Crippen molar-refractivity contribution in [2.75, 3.05) is 12.3 Å². The fraction of sp³-hybridized carbons (Fsp3) is 0.278. The van der Waals surface area contributed by atoms with Crippen molar-refractivity contribution in [1.82, 2.24) is 5.32 Å². The highest BCUT2D eigenvalue weighted by Crippen LogP contribution is 2.15. The molecule has 4 nitrogen and oxygen atoms in total.